The van der Waals surface area contributed by atoms with E-state index in [4.69, 9.17) is 5.84 Å². The number of benzene rings is 1. The molecule has 0 spiro atoms. The van der Waals surface area contributed by atoms with Crippen LogP contribution in [-0.2, 0) is 0 Å². The van der Waals surface area contributed by atoms with E-state index in [1.165, 1.54) is 12.4 Å². The summed E-state index contributed by atoms with van der Waals surface area (Å²) in [6.45, 7) is 1.82. The molecule has 2 rings (SSSR count). The van der Waals surface area contributed by atoms with Crippen molar-refractivity contribution in [1.29, 1.82) is 0 Å². The van der Waals surface area contributed by atoms with Crippen LogP contribution < -0.4 is 16.6 Å². The van der Waals surface area contributed by atoms with Crippen LogP contribution in [0, 0.1) is 6.92 Å². The molecule has 0 fully saturated rings. The molecule has 2 aromatic rings. The van der Waals surface area contributed by atoms with E-state index in [1.54, 1.807) is 18.2 Å². The SMILES string of the molecule is Cc1cc(NN)ccc1C(=O)Nc1nccnn1. The van der Waals surface area contributed by atoms with Crippen LogP contribution in [0.4, 0.5) is 11.6 Å². The third kappa shape index (κ3) is 2.58. The summed E-state index contributed by atoms with van der Waals surface area (Å²) < 4.78 is 0. The zero-order valence-corrected chi connectivity index (χ0v) is 9.71. The number of carbonyl (C=O) groups is 1. The van der Waals surface area contributed by atoms with Gasteiger partial charge in [0.2, 0.25) is 5.95 Å². The van der Waals surface area contributed by atoms with Gasteiger partial charge in [-0.3, -0.25) is 16.0 Å². The fraction of sp³-hybridized carbons (Fsp3) is 0.0909. The van der Waals surface area contributed by atoms with Crippen LogP contribution in [0.2, 0.25) is 0 Å². The summed E-state index contributed by atoms with van der Waals surface area (Å²) in [4.78, 5) is 15.8. The lowest BCUT2D eigenvalue weighted by Gasteiger charge is -2.07. The van der Waals surface area contributed by atoms with Gasteiger partial charge in [-0.05, 0) is 30.7 Å². The molecule has 7 heteroatoms. The number of aromatic nitrogens is 3. The third-order valence-corrected chi connectivity index (χ3v) is 2.35. The summed E-state index contributed by atoms with van der Waals surface area (Å²) >= 11 is 0. The van der Waals surface area contributed by atoms with Crippen LogP contribution in [0.3, 0.4) is 0 Å². The molecule has 1 amide bonds. The van der Waals surface area contributed by atoms with Crippen LogP contribution in [0.5, 0.6) is 0 Å². The number of anilines is 2. The third-order valence-electron chi connectivity index (χ3n) is 2.35. The number of rotatable bonds is 3. The summed E-state index contributed by atoms with van der Waals surface area (Å²) in [5.41, 5.74) is 4.58. The van der Waals surface area contributed by atoms with Crippen molar-refractivity contribution < 1.29 is 4.79 Å². The second-order valence-electron chi connectivity index (χ2n) is 3.59. The molecule has 0 aliphatic rings. The molecule has 0 aliphatic carbocycles. The fourth-order valence-corrected chi connectivity index (χ4v) is 1.48. The maximum atomic E-state index is 12.0. The zero-order chi connectivity index (χ0) is 13.0. The number of hydrogen-bond acceptors (Lipinski definition) is 6. The Morgan fingerprint density at radius 1 is 1.33 bits per heavy atom. The van der Waals surface area contributed by atoms with Crippen molar-refractivity contribution in [2.24, 2.45) is 5.84 Å². The van der Waals surface area contributed by atoms with Crippen molar-refractivity contribution in [2.45, 2.75) is 6.92 Å². The minimum Gasteiger partial charge on any atom is -0.324 e. The van der Waals surface area contributed by atoms with E-state index in [1.807, 2.05) is 6.92 Å². The lowest BCUT2D eigenvalue weighted by atomic mass is 10.1. The van der Waals surface area contributed by atoms with Gasteiger partial charge < -0.3 is 5.43 Å². The Balaban J connectivity index is 2.19. The molecule has 0 aliphatic heterocycles. The van der Waals surface area contributed by atoms with Crippen molar-refractivity contribution in [3.8, 4) is 0 Å². The Morgan fingerprint density at radius 3 is 2.78 bits per heavy atom. The van der Waals surface area contributed by atoms with Gasteiger partial charge in [0.05, 0.1) is 12.4 Å². The minimum atomic E-state index is -0.288. The number of amides is 1. The van der Waals surface area contributed by atoms with Gasteiger partial charge in [0.25, 0.3) is 5.91 Å². The predicted octanol–water partition coefficient (Wildman–Crippen LogP) is 0.718. The van der Waals surface area contributed by atoms with Gasteiger partial charge in [-0.1, -0.05) is 0 Å². The van der Waals surface area contributed by atoms with Crippen LogP contribution in [0.15, 0.2) is 30.6 Å². The molecule has 0 saturated carbocycles. The number of hydrazine groups is 1. The van der Waals surface area contributed by atoms with Crippen molar-refractivity contribution in [1.82, 2.24) is 15.2 Å². The van der Waals surface area contributed by atoms with E-state index in [-0.39, 0.29) is 11.9 Å². The summed E-state index contributed by atoms with van der Waals surface area (Å²) in [7, 11) is 0. The monoisotopic (exact) mass is 244 g/mol. The molecule has 4 N–H and O–H groups in total. The van der Waals surface area contributed by atoms with E-state index < -0.39 is 0 Å². The van der Waals surface area contributed by atoms with Crippen molar-refractivity contribution in [3.05, 3.63) is 41.7 Å². The Hall–Kier alpha value is -2.54. The Kier molecular flexibility index (Phi) is 3.44. The van der Waals surface area contributed by atoms with Crippen molar-refractivity contribution >= 4 is 17.5 Å². The highest BCUT2D eigenvalue weighted by molar-refractivity contribution is 6.04. The molecule has 1 aromatic heterocycles. The Bertz CT molecular complexity index is 557. The normalized spacial score (nSPS) is 9.89. The van der Waals surface area contributed by atoms with Crippen LogP contribution in [-0.4, -0.2) is 21.1 Å². The molecule has 7 nitrogen and oxygen atoms in total. The van der Waals surface area contributed by atoms with Gasteiger partial charge in [0.15, 0.2) is 0 Å². The first-order valence-electron chi connectivity index (χ1n) is 5.23. The van der Waals surface area contributed by atoms with Crippen molar-refractivity contribution in [3.63, 3.8) is 0 Å². The topological polar surface area (TPSA) is 106 Å². The van der Waals surface area contributed by atoms with Crippen LogP contribution in [0.1, 0.15) is 15.9 Å². The molecule has 0 radical (unpaired) electrons. The second-order valence-corrected chi connectivity index (χ2v) is 3.59. The van der Waals surface area contributed by atoms with Crippen molar-refractivity contribution in [2.75, 3.05) is 10.7 Å². The van der Waals surface area contributed by atoms with Crippen LogP contribution >= 0.6 is 0 Å². The lowest BCUT2D eigenvalue weighted by Crippen LogP contribution is -2.16. The molecule has 1 heterocycles. The summed E-state index contributed by atoms with van der Waals surface area (Å²) in [6, 6.07) is 5.17. The van der Waals surface area contributed by atoms with Gasteiger partial charge in [-0.25, -0.2) is 4.98 Å². The molecule has 0 bridgehead atoms. The molecule has 1 aromatic carbocycles. The Morgan fingerprint density at radius 2 is 2.17 bits per heavy atom. The Labute approximate surface area is 103 Å². The summed E-state index contributed by atoms with van der Waals surface area (Å²) in [5.74, 6) is 5.17. The number of nitrogens with one attached hydrogen (secondary N) is 2. The molecule has 92 valence electrons. The smallest absolute Gasteiger partial charge is 0.258 e. The number of hydrogen-bond donors (Lipinski definition) is 3. The maximum absolute atomic E-state index is 12.0. The minimum absolute atomic E-state index is 0.169. The highest BCUT2D eigenvalue weighted by Gasteiger charge is 2.10. The lowest BCUT2D eigenvalue weighted by molar-refractivity contribution is 0.102. The summed E-state index contributed by atoms with van der Waals surface area (Å²) in [5, 5.41) is 9.87. The average Bonchev–Trinajstić information content (AvgIpc) is 2.39. The van der Waals surface area contributed by atoms with Gasteiger partial charge in [-0.2, -0.15) is 5.10 Å². The molecule has 0 saturated heterocycles. The van der Waals surface area contributed by atoms with Gasteiger partial charge in [-0.15, -0.1) is 5.10 Å². The first-order chi connectivity index (χ1) is 8.70. The van der Waals surface area contributed by atoms with E-state index >= 15 is 0 Å². The standard InChI is InChI=1S/C11H12N6O/c1-7-6-8(16-12)2-3-9(7)10(18)15-11-13-4-5-14-17-11/h2-6,16H,12H2,1H3,(H,13,15,17,18). The number of carbonyl (C=O) groups excluding carboxylic acids is 1. The molecule has 0 unspecified atom stereocenters. The number of aryl methyl sites for hydroxylation is 1. The van der Waals surface area contributed by atoms with E-state index in [2.05, 4.69) is 25.9 Å². The maximum Gasteiger partial charge on any atom is 0.258 e. The molecule has 0 atom stereocenters. The first kappa shape index (κ1) is 11.9. The second kappa shape index (κ2) is 5.19. The van der Waals surface area contributed by atoms with Crippen LogP contribution in [0.25, 0.3) is 0 Å². The fourth-order valence-electron chi connectivity index (χ4n) is 1.48. The number of nitrogens with two attached hydrogens (primary N) is 1. The number of nitrogen functional groups attached to an aromatic ring is 1. The average molecular weight is 244 g/mol. The molecular formula is C11H12N6O. The van der Waals surface area contributed by atoms with Gasteiger partial charge in [0.1, 0.15) is 0 Å². The van der Waals surface area contributed by atoms with Gasteiger partial charge >= 0.3 is 0 Å². The predicted molar refractivity (Wildman–Crippen MR) is 66.8 cm³/mol. The summed E-state index contributed by atoms with van der Waals surface area (Å²) in [6.07, 6.45) is 2.89. The van der Waals surface area contributed by atoms with E-state index in [9.17, 15) is 4.79 Å². The van der Waals surface area contributed by atoms with E-state index in [0.29, 0.717) is 5.56 Å². The number of nitrogens with zero attached hydrogens (tertiary/aromatic N) is 3. The van der Waals surface area contributed by atoms with Gasteiger partial charge in [0, 0.05) is 11.3 Å². The first-order valence-corrected chi connectivity index (χ1v) is 5.23. The largest absolute Gasteiger partial charge is 0.324 e. The quantitative estimate of drug-likeness (QED) is 0.542. The molecular weight excluding hydrogens is 232 g/mol. The van der Waals surface area contributed by atoms with E-state index in [0.717, 1.165) is 11.3 Å². The highest BCUT2D eigenvalue weighted by Crippen LogP contribution is 2.15. The highest BCUT2D eigenvalue weighted by atomic mass is 16.1. The molecule has 18 heavy (non-hydrogen) atoms. The zero-order valence-electron chi connectivity index (χ0n) is 9.71.